The Morgan fingerprint density at radius 2 is 1.71 bits per heavy atom. The molecule has 0 fully saturated rings. The Balaban J connectivity index is 1.65. The van der Waals surface area contributed by atoms with Gasteiger partial charge in [-0.05, 0) is 23.8 Å². The maximum Gasteiger partial charge on any atom is 0.232 e. The average Bonchev–Trinajstić information content (AvgIpc) is 2.86. The molecule has 3 aromatic carbocycles. The molecule has 0 amide bonds. The number of ketones is 1. The van der Waals surface area contributed by atoms with Gasteiger partial charge in [0, 0.05) is 18.7 Å². The Labute approximate surface area is 192 Å². The molecule has 0 saturated heterocycles. The van der Waals surface area contributed by atoms with Gasteiger partial charge in [0.15, 0.2) is 29.0 Å². The first kappa shape index (κ1) is 23.2. The lowest BCUT2D eigenvalue weighted by Crippen LogP contribution is -2.12. The standard InChI is InChI=1S/C25H19F3N2O4/c1-32-9-10-33-21-13-29-18-8-7-16(11-19(18)30-21)25(31)22-23(27)17(26)12-20(24(22)28)34-14-15-5-3-2-4-6-15/h2-8,11-13H,9-10,14H2,1H3. The highest BCUT2D eigenvalue weighted by atomic mass is 19.2. The summed E-state index contributed by atoms with van der Waals surface area (Å²) < 4.78 is 59.5. The first-order valence-electron chi connectivity index (χ1n) is 10.3. The molecule has 0 atom stereocenters. The quantitative estimate of drug-likeness (QED) is 0.198. The third-order valence-corrected chi connectivity index (χ3v) is 4.91. The summed E-state index contributed by atoms with van der Waals surface area (Å²) in [5, 5.41) is 0. The fraction of sp³-hybridized carbons (Fsp3) is 0.160. The van der Waals surface area contributed by atoms with Crippen LogP contribution >= 0.6 is 0 Å². The number of benzene rings is 3. The van der Waals surface area contributed by atoms with E-state index >= 15 is 4.39 Å². The van der Waals surface area contributed by atoms with Gasteiger partial charge in [-0.2, -0.15) is 0 Å². The van der Waals surface area contributed by atoms with E-state index in [2.05, 4.69) is 9.97 Å². The number of rotatable bonds is 9. The van der Waals surface area contributed by atoms with Crippen molar-refractivity contribution in [1.82, 2.24) is 9.97 Å². The van der Waals surface area contributed by atoms with Gasteiger partial charge in [-0.25, -0.2) is 23.1 Å². The third kappa shape index (κ3) is 4.99. The van der Waals surface area contributed by atoms with E-state index in [1.807, 2.05) is 0 Å². The molecule has 0 saturated carbocycles. The SMILES string of the molecule is COCCOc1cnc2ccc(C(=O)c3c(F)c(F)cc(OCc4ccccc4)c3F)cc2n1. The minimum absolute atomic E-state index is 0.0894. The normalized spacial score (nSPS) is 10.9. The number of nitrogens with zero attached hydrogens (tertiary/aromatic N) is 2. The van der Waals surface area contributed by atoms with E-state index < -0.39 is 34.5 Å². The zero-order chi connectivity index (χ0) is 24.1. The van der Waals surface area contributed by atoms with Crippen molar-refractivity contribution in [2.24, 2.45) is 0 Å². The van der Waals surface area contributed by atoms with Crippen LogP contribution in [0.1, 0.15) is 21.5 Å². The molecule has 0 radical (unpaired) electrons. The molecule has 6 nitrogen and oxygen atoms in total. The summed E-state index contributed by atoms with van der Waals surface area (Å²) in [6.07, 6.45) is 1.40. The summed E-state index contributed by atoms with van der Waals surface area (Å²) in [7, 11) is 1.52. The Kier molecular flexibility index (Phi) is 7.03. The van der Waals surface area contributed by atoms with Gasteiger partial charge in [-0.1, -0.05) is 30.3 Å². The molecule has 0 aliphatic rings. The fourth-order valence-corrected chi connectivity index (χ4v) is 3.20. The molecule has 0 N–H and O–H groups in total. The fourth-order valence-electron chi connectivity index (χ4n) is 3.20. The van der Waals surface area contributed by atoms with Crippen molar-refractivity contribution < 1.29 is 32.2 Å². The molecular weight excluding hydrogens is 449 g/mol. The van der Waals surface area contributed by atoms with Crippen molar-refractivity contribution in [2.75, 3.05) is 20.3 Å². The van der Waals surface area contributed by atoms with Gasteiger partial charge in [-0.15, -0.1) is 0 Å². The monoisotopic (exact) mass is 468 g/mol. The van der Waals surface area contributed by atoms with E-state index in [4.69, 9.17) is 14.2 Å². The number of fused-ring (bicyclic) bond motifs is 1. The van der Waals surface area contributed by atoms with Crippen molar-refractivity contribution in [1.29, 1.82) is 0 Å². The van der Waals surface area contributed by atoms with Gasteiger partial charge >= 0.3 is 0 Å². The summed E-state index contributed by atoms with van der Waals surface area (Å²) in [5.74, 6) is -5.73. The number of ether oxygens (including phenoxy) is 3. The van der Waals surface area contributed by atoms with Gasteiger partial charge in [0.2, 0.25) is 5.88 Å². The molecule has 0 spiro atoms. The van der Waals surface area contributed by atoms with Crippen molar-refractivity contribution in [2.45, 2.75) is 6.61 Å². The van der Waals surface area contributed by atoms with Gasteiger partial charge in [0.1, 0.15) is 18.8 Å². The van der Waals surface area contributed by atoms with Crippen LogP contribution in [-0.4, -0.2) is 36.1 Å². The van der Waals surface area contributed by atoms with Crippen LogP contribution in [0.3, 0.4) is 0 Å². The highest BCUT2D eigenvalue weighted by molar-refractivity contribution is 6.10. The molecule has 174 valence electrons. The highest BCUT2D eigenvalue weighted by Crippen LogP contribution is 2.29. The number of hydrogen-bond donors (Lipinski definition) is 0. The molecule has 4 aromatic rings. The van der Waals surface area contributed by atoms with Crippen molar-refractivity contribution >= 4 is 16.8 Å². The number of hydrogen-bond acceptors (Lipinski definition) is 6. The summed E-state index contributed by atoms with van der Waals surface area (Å²) in [6, 6.07) is 13.5. The topological polar surface area (TPSA) is 70.5 Å². The number of carbonyl (C=O) groups excluding carboxylic acids is 1. The van der Waals surface area contributed by atoms with Gasteiger partial charge in [-0.3, -0.25) is 4.79 Å². The molecule has 1 heterocycles. The van der Waals surface area contributed by atoms with Crippen LogP contribution in [-0.2, 0) is 11.3 Å². The molecule has 0 bridgehead atoms. The van der Waals surface area contributed by atoms with Gasteiger partial charge < -0.3 is 14.2 Å². The zero-order valence-corrected chi connectivity index (χ0v) is 18.1. The Morgan fingerprint density at radius 1 is 0.912 bits per heavy atom. The number of halogens is 3. The smallest absolute Gasteiger partial charge is 0.232 e. The Bertz CT molecular complexity index is 1330. The molecule has 4 rings (SSSR count). The molecule has 0 aliphatic heterocycles. The predicted molar refractivity (Wildman–Crippen MR) is 117 cm³/mol. The van der Waals surface area contributed by atoms with Gasteiger partial charge in [0.25, 0.3) is 0 Å². The highest BCUT2D eigenvalue weighted by Gasteiger charge is 2.26. The van der Waals surface area contributed by atoms with Crippen molar-refractivity contribution in [3.8, 4) is 11.6 Å². The van der Waals surface area contributed by atoms with Crippen LogP contribution in [0.15, 0.2) is 60.8 Å². The largest absolute Gasteiger partial charge is 0.486 e. The van der Waals surface area contributed by atoms with Crippen molar-refractivity contribution in [3.05, 3.63) is 94.9 Å². The molecule has 0 unspecified atom stereocenters. The van der Waals surface area contributed by atoms with Crippen LogP contribution in [0.5, 0.6) is 11.6 Å². The lowest BCUT2D eigenvalue weighted by molar-refractivity contribution is 0.102. The van der Waals surface area contributed by atoms with Gasteiger partial charge in [0.05, 0.1) is 23.8 Å². The van der Waals surface area contributed by atoms with E-state index in [0.717, 1.165) is 0 Å². The number of aromatic nitrogens is 2. The summed E-state index contributed by atoms with van der Waals surface area (Å²) in [4.78, 5) is 21.4. The first-order chi connectivity index (χ1) is 16.5. The van der Waals surface area contributed by atoms with Crippen LogP contribution in [0.2, 0.25) is 0 Å². The minimum Gasteiger partial charge on any atom is -0.486 e. The van der Waals surface area contributed by atoms with E-state index in [1.54, 1.807) is 30.3 Å². The second-order valence-electron chi connectivity index (χ2n) is 7.22. The Morgan fingerprint density at radius 3 is 2.47 bits per heavy atom. The molecule has 1 aromatic heterocycles. The molecule has 0 aliphatic carbocycles. The summed E-state index contributed by atoms with van der Waals surface area (Å²) in [5.41, 5.74) is 0.230. The predicted octanol–water partition coefficient (Wildman–Crippen LogP) is 4.88. The van der Waals surface area contributed by atoms with E-state index in [0.29, 0.717) is 23.8 Å². The third-order valence-electron chi connectivity index (χ3n) is 4.91. The molecule has 9 heteroatoms. The molecular formula is C25H19F3N2O4. The number of methoxy groups -OCH3 is 1. The lowest BCUT2D eigenvalue weighted by atomic mass is 10.0. The van der Waals surface area contributed by atoms with Crippen LogP contribution in [0.25, 0.3) is 11.0 Å². The van der Waals surface area contributed by atoms with Crippen LogP contribution < -0.4 is 9.47 Å². The van der Waals surface area contributed by atoms with E-state index in [1.165, 1.54) is 31.5 Å². The van der Waals surface area contributed by atoms with E-state index in [-0.39, 0.29) is 30.2 Å². The minimum atomic E-state index is -1.60. The van der Waals surface area contributed by atoms with E-state index in [9.17, 15) is 13.6 Å². The summed E-state index contributed by atoms with van der Waals surface area (Å²) >= 11 is 0. The molecule has 34 heavy (non-hydrogen) atoms. The van der Waals surface area contributed by atoms with Crippen LogP contribution in [0, 0.1) is 17.5 Å². The number of carbonyl (C=O) groups is 1. The first-order valence-corrected chi connectivity index (χ1v) is 10.3. The van der Waals surface area contributed by atoms with Crippen molar-refractivity contribution in [3.63, 3.8) is 0 Å². The summed E-state index contributed by atoms with van der Waals surface area (Å²) in [6.45, 7) is 0.486. The zero-order valence-electron chi connectivity index (χ0n) is 18.1. The Hall–Kier alpha value is -3.98. The second kappa shape index (κ2) is 10.3. The second-order valence-corrected chi connectivity index (χ2v) is 7.22. The average molecular weight is 468 g/mol. The lowest BCUT2D eigenvalue weighted by Gasteiger charge is -2.12. The maximum atomic E-state index is 15.1. The maximum absolute atomic E-state index is 15.1. The van der Waals surface area contributed by atoms with Crippen LogP contribution in [0.4, 0.5) is 13.2 Å².